The Morgan fingerprint density at radius 2 is 2.08 bits per heavy atom. The van der Waals surface area contributed by atoms with Gasteiger partial charge in [0.25, 0.3) is 5.91 Å². The lowest BCUT2D eigenvalue weighted by molar-refractivity contribution is 0.102. The van der Waals surface area contributed by atoms with Crippen molar-refractivity contribution < 1.29 is 4.79 Å². The van der Waals surface area contributed by atoms with Crippen LogP contribution in [0.15, 0.2) is 53.3 Å². The maximum Gasteiger partial charge on any atom is 0.256 e. The van der Waals surface area contributed by atoms with Crippen molar-refractivity contribution in [2.75, 3.05) is 26.0 Å². The molecule has 1 amide bonds. The molecule has 0 spiro atoms. The number of rotatable bonds is 5. The molecule has 0 aliphatic heterocycles. The van der Waals surface area contributed by atoms with Crippen LogP contribution in [0, 0.1) is 0 Å². The molecule has 24 heavy (non-hydrogen) atoms. The number of carbonyl (C=O) groups excluding carboxylic acids is 1. The van der Waals surface area contributed by atoms with E-state index in [9.17, 15) is 4.79 Å². The first-order valence-electron chi connectivity index (χ1n) is 7.70. The minimum Gasteiger partial charge on any atom is -0.319 e. The normalized spacial score (nSPS) is 11.2. The molecule has 0 bridgehead atoms. The van der Waals surface area contributed by atoms with E-state index >= 15 is 0 Å². The summed E-state index contributed by atoms with van der Waals surface area (Å²) in [7, 11) is 4.04. The summed E-state index contributed by atoms with van der Waals surface area (Å²) in [6, 6.07) is 11.7. The number of anilines is 1. The summed E-state index contributed by atoms with van der Waals surface area (Å²) in [4.78, 5) is 14.8. The second-order valence-electron chi connectivity index (χ2n) is 5.92. The summed E-state index contributed by atoms with van der Waals surface area (Å²) in [5, 5.41) is 9.17. The number of likely N-dealkylation sites (N-methyl/N-ethyl adjacent to an activating group) is 1. The second-order valence-corrected chi connectivity index (χ2v) is 6.84. The third kappa shape index (κ3) is 3.83. The molecule has 5 nitrogen and oxygen atoms in total. The maximum absolute atomic E-state index is 12.7. The Hall–Kier alpha value is -2.18. The summed E-state index contributed by atoms with van der Waals surface area (Å²) in [6.45, 7) is 1.67. The van der Waals surface area contributed by atoms with Crippen molar-refractivity contribution in [1.82, 2.24) is 14.7 Å². The fourth-order valence-corrected chi connectivity index (χ4v) is 2.99. The molecule has 0 radical (unpaired) electrons. The summed E-state index contributed by atoms with van der Waals surface area (Å²) >= 11 is 3.47. The van der Waals surface area contributed by atoms with Crippen LogP contribution in [0.4, 0.5) is 5.69 Å². The van der Waals surface area contributed by atoms with Crippen molar-refractivity contribution in [1.29, 1.82) is 0 Å². The van der Waals surface area contributed by atoms with E-state index in [1.165, 1.54) is 0 Å². The molecule has 124 valence electrons. The van der Waals surface area contributed by atoms with Crippen molar-refractivity contribution in [3.63, 3.8) is 0 Å². The third-order valence-electron chi connectivity index (χ3n) is 3.74. The molecule has 2 aromatic carbocycles. The quantitative estimate of drug-likeness (QED) is 0.728. The zero-order valence-electron chi connectivity index (χ0n) is 13.7. The highest BCUT2D eigenvalue weighted by atomic mass is 79.9. The molecular formula is C18H19BrN4O. The number of hydrogen-bond acceptors (Lipinski definition) is 3. The number of nitrogens with one attached hydrogen (secondary N) is 1. The number of amides is 1. The molecule has 3 aromatic rings. The Labute approximate surface area is 149 Å². The molecule has 0 aliphatic rings. The fraction of sp³-hybridized carbons (Fsp3) is 0.222. The average molecular weight is 387 g/mol. The highest BCUT2D eigenvalue weighted by Gasteiger charge is 2.12. The highest BCUT2D eigenvalue weighted by molar-refractivity contribution is 9.10. The van der Waals surface area contributed by atoms with Gasteiger partial charge in [0, 0.05) is 22.8 Å². The second kappa shape index (κ2) is 7.15. The number of benzene rings is 2. The Morgan fingerprint density at radius 1 is 1.29 bits per heavy atom. The van der Waals surface area contributed by atoms with Crippen molar-refractivity contribution in [3.8, 4) is 0 Å². The number of aromatic nitrogens is 2. The van der Waals surface area contributed by atoms with Gasteiger partial charge in [0.05, 0.1) is 18.4 Å². The fourth-order valence-electron chi connectivity index (χ4n) is 2.51. The van der Waals surface area contributed by atoms with Gasteiger partial charge in [0.2, 0.25) is 0 Å². The number of carbonyl (C=O) groups is 1. The van der Waals surface area contributed by atoms with E-state index < -0.39 is 0 Å². The van der Waals surface area contributed by atoms with Crippen LogP contribution in [-0.4, -0.2) is 41.2 Å². The number of hydrogen-bond donors (Lipinski definition) is 1. The largest absolute Gasteiger partial charge is 0.319 e. The molecular weight excluding hydrogens is 368 g/mol. The van der Waals surface area contributed by atoms with Gasteiger partial charge in [-0.1, -0.05) is 40.2 Å². The molecule has 0 saturated heterocycles. The predicted octanol–water partition coefficient (Wildman–Crippen LogP) is 3.61. The molecule has 1 N–H and O–H groups in total. The van der Waals surface area contributed by atoms with Crippen LogP contribution < -0.4 is 5.32 Å². The lowest BCUT2D eigenvalue weighted by Gasteiger charge is -2.09. The molecule has 0 fully saturated rings. The average Bonchev–Trinajstić information content (AvgIpc) is 2.99. The monoisotopic (exact) mass is 386 g/mol. The Morgan fingerprint density at radius 3 is 2.88 bits per heavy atom. The topological polar surface area (TPSA) is 50.2 Å². The van der Waals surface area contributed by atoms with Gasteiger partial charge in [-0.3, -0.25) is 9.48 Å². The van der Waals surface area contributed by atoms with Crippen molar-refractivity contribution in [2.45, 2.75) is 6.54 Å². The van der Waals surface area contributed by atoms with E-state index in [1.807, 2.05) is 61.4 Å². The molecule has 1 aromatic heterocycles. The minimum atomic E-state index is -0.139. The Kier molecular flexibility index (Phi) is 4.97. The van der Waals surface area contributed by atoms with Crippen LogP contribution >= 0.6 is 15.9 Å². The van der Waals surface area contributed by atoms with Crippen LogP contribution in [0.3, 0.4) is 0 Å². The van der Waals surface area contributed by atoms with Crippen LogP contribution in [0.5, 0.6) is 0 Å². The van der Waals surface area contributed by atoms with Gasteiger partial charge in [-0.25, -0.2) is 0 Å². The van der Waals surface area contributed by atoms with Gasteiger partial charge in [-0.15, -0.1) is 0 Å². The smallest absolute Gasteiger partial charge is 0.256 e. The number of fused-ring (bicyclic) bond motifs is 1. The SMILES string of the molecule is CN(C)CCn1cc(NC(=O)c2cc(Br)cc3ccccc23)cn1. The first kappa shape index (κ1) is 16.7. The van der Waals surface area contributed by atoms with E-state index in [-0.39, 0.29) is 5.91 Å². The zero-order valence-corrected chi connectivity index (χ0v) is 15.2. The first-order chi connectivity index (χ1) is 11.5. The first-order valence-corrected chi connectivity index (χ1v) is 8.49. The summed E-state index contributed by atoms with van der Waals surface area (Å²) in [6.07, 6.45) is 3.52. The molecule has 6 heteroatoms. The van der Waals surface area contributed by atoms with Gasteiger partial charge in [-0.2, -0.15) is 5.10 Å². The molecule has 0 atom stereocenters. The maximum atomic E-state index is 12.7. The van der Waals surface area contributed by atoms with Crippen molar-refractivity contribution >= 4 is 38.3 Å². The summed E-state index contributed by atoms with van der Waals surface area (Å²) < 4.78 is 2.71. The van der Waals surface area contributed by atoms with Crippen LogP contribution in [-0.2, 0) is 6.54 Å². The van der Waals surface area contributed by atoms with E-state index in [0.29, 0.717) is 11.3 Å². The van der Waals surface area contributed by atoms with E-state index in [2.05, 4.69) is 31.2 Å². The lowest BCUT2D eigenvalue weighted by Crippen LogP contribution is -2.18. The molecule has 0 aliphatic carbocycles. The van der Waals surface area contributed by atoms with Crippen LogP contribution in [0.25, 0.3) is 10.8 Å². The zero-order chi connectivity index (χ0) is 17.1. The van der Waals surface area contributed by atoms with E-state index in [4.69, 9.17) is 0 Å². The molecule has 0 unspecified atom stereocenters. The van der Waals surface area contributed by atoms with Gasteiger partial charge >= 0.3 is 0 Å². The van der Waals surface area contributed by atoms with Crippen LogP contribution in [0.1, 0.15) is 10.4 Å². The Balaban J connectivity index is 1.80. The lowest BCUT2D eigenvalue weighted by atomic mass is 10.0. The van der Waals surface area contributed by atoms with Gasteiger partial charge in [-0.05, 0) is 37.0 Å². The van der Waals surface area contributed by atoms with Gasteiger partial charge in [0.15, 0.2) is 0 Å². The summed E-state index contributed by atoms with van der Waals surface area (Å²) in [5.74, 6) is -0.139. The number of halogens is 1. The Bertz CT molecular complexity index is 872. The van der Waals surface area contributed by atoms with Crippen molar-refractivity contribution in [3.05, 3.63) is 58.8 Å². The standard InChI is InChI=1S/C18H19BrN4O/c1-22(2)7-8-23-12-15(11-20-23)21-18(24)17-10-14(19)9-13-5-3-4-6-16(13)17/h3-6,9-12H,7-8H2,1-2H3,(H,21,24). The molecule has 1 heterocycles. The highest BCUT2D eigenvalue weighted by Crippen LogP contribution is 2.25. The van der Waals surface area contributed by atoms with Crippen molar-refractivity contribution in [2.24, 2.45) is 0 Å². The molecule has 0 saturated carbocycles. The van der Waals surface area contributed by atoms with E-state index in [0.717, 1.165) is 28.3 Å². The minimum absolute atomic E-state index is 0.139. The number of nitrogens with zero attached hydrogens (tertiary/aromatic N) is 3. The van der Waals surface area contributed by atoms with Gasteiger partial charge < -0.3 is 10.2 Å². The molecule has 3 rings (SSSR count). The van der Waals surface area contributed by atoms with Crippen LogP contribution in [0.2, 0.25) is 0 Å². The van der Waals surface area contributed by atoms with Gasteiger partial charge in [0.1, 0.15) is 0 Å². The summed E-state index contributed by atoms with van der Waals surface area (Å²) in [5.41, 5.74) is 1.34. The third-order valence-corrected chi connectivity index (χ3v) is 4.20. The predicted molar refractivity (Wildman–Crippen MR) is 100 cm³/mol. The van der Waals surface area contributed by atoms with E-state index in [1.54, 1.807) is 6.20 Å².